The highest BCUT2D eigenvalue weighted by atomic mass is 14.9. The van der Waals surface area contributed by atoms with Crippen LogP contribution in [-0.4, -0.2) is 12.6 Å². The van der Waals surface area contributed by atoms with Gasteiger partial charge in [-0.3, -0.25) is 0 Å². The molecule has 0 rings (SSSR count). The lowest BCUT2D eigenvalue weighted by atomic mass is 9.88. The third-order valence-electron chi connectivity index (χ3n) is 2.84. The molecule has 14 heavy (non-hydrogen) atoms. The molecule has 0 bridgehead atoms. The molecule has 1 N–H and O–H groups in total. The fraction of sp³-hybridized carbons (Fsp3) is 0.846. The van der Waals surface area contributed by atoms with Crippen LogP contribution in [0.4, 0.5) is 0 Å². The highest BCUT2D eigenvalue weighted by Gasteiger charge is 2.18. The number of hydrogen-bond acceptors (Lipinski definition) is 1. The summed E-state index contributed by atoms with van der Waals surface area (Å²) in [5.41, 5.74) is 0. The van der Waals surface area contributed by atoms with E-state index < -0.39 is 0 Å². The molecule has 0 spiro atoms. The van der Waals surface area contributed by atoms with Gasteiger partial charge in [-0.15, -0.1) is 11.8 Å². The first-order valence-electron chi connectivity index (χ1n) is 5.76. The van der Waals surface area contributed by atoms with Gasteiger partial charge in [0.2, 0.25) is 0 Å². The topological polar surface area (TPSA) is 12.0 Å². The van der Waals surface area contributed by atoms with Gasteiger partial charge >= 0.3 is 0 Å². The van der Waals surface area contributed by atoms with Crippen LogP contribution in [0.2, 0.25) is 0 Å². The van der Waals surface area contributed by atoms with Gasteiger partial charge in [0, 0.05) is 12.5 Å². The SMILES string of the molecule is CC#CCC(NCCC)C(C)C(C)C. The van der Waals surface area contributed by atoms with Gasteiger partial charge in [-0.25, -0.2) is 0 Å². The van der Waals surface area contributed by atoms with Gasteiger partial charge in [-0.05, 0) is 31.7 Å². The molecule has 0 saturated heterocycles. The van der Waals surface area contributed by atoms with Crippen LogP contribution < -0.4 is 5.32 Å². The minimum Gasteiger partial charge on any atom is -0.313 e. The summed E-state index contributed by atoms with van der Waals surface area (Å²) in [6.07, 6.45) is 2.18. The van der Waals surface area contributed by atoms with E-state index in [4.69, 9.17) is 0 Å². The normalized spacial score (nSPS) is 14.7. The van der Waals surface area contributed by atoms with E-state index in [1.807, 2.05) is 6.92 Å². The molecule has 0 fully saturated rings. The van der Waals surface area contributed by atoms with Crippen LogP contribution in [0.1, 0.15) is 47.5 Å². The Hall–Kier alpha value is -0.480. The molecule has 0 aromatic carbocycles. The van der Waals surface area contributed by atoms with Crippen LogP contribution in [-0.2, 0) is 0 Å². The van der Waals surface area contributed by atoms with E-state index in [0.29, 0.717) is 12.0 Å². The van der Waals surface area contributed by atoms with Crippen molar-refractivity contribution in [1.82, 2.24) is 5.32 Å². The van der Waals surface area contributed by atoms with E-state index in [1.165, 1.54) is 6.42 Å². The molecule has 82 valence electrons. The molecule has 1 heteroatoms. The van der Waals surface area contributed by atoms with Crippen molar-refractivity contribution in [1.29, 1.82) is 0 Å². The van der Waals surface area contributed by atoms with Crippen LogP contribution in [0.5, 0.6) is 0 Å². The molecule has 1 nitrogen and oxygen atoms in total. The van der Waals surface area contributed by atoms with Gasteiger partial charge in [0.15, 0.2) is 0 Å². The van der Waals surface area contributed by atoms with E-state index in [-0.39, 0.29) is 0 Å². The standard InChI is InChI=1S/C13H25N/c1-6-8-9-13(14-10-7-2)12(5)11(3)4/h11-14H,7,9-10H2,1-5H3. The Morgan fingerprint density at radius 3 is 2.29 bits per heavy atom. The third kappa shape index (κ3) is 5.29. The van der Waals surface area contributed by atoms with Crippen LogP contribution in [0.25, 0.3) is 0 Å². The van der Waals surface area contributed by atoms with Crippen LogP contribution in [0.3, 0.4) is 0 Å². The van der Waals surface area contributed by atoms with Gasteiger partial charge in [0.1, 0.15) is 0 Å². The lowest BCUT2D eigenvalue weighted by molar-refractivity contribution is 0.302. The van der Waals surface area contributed by atoms with Crippen molar-refractivity contribution in [3.63, 3.8) is 0 Å². The average molecular weight is 195 g/mol. The molecule has 2 atom stereocenters. The Morgan fingerprint density at radius 2 is 1.86 bits per heavy atom. The van der Waals surface area contributed by atoms with Gasteiger partial charge in [-0.2, -0.15) is 0 Å². The molecule has 0 radical (unpaired) electrons. The van der Waals surface area contributed by atoms with Crippen molar-refractivity contribution < 1.29 is 0 Å². The minimum absolute atomic E-state index is 0.558. The molecule has 0 aromatic heterocycles. The molecule has 0 aliphatic rings. The lowest BCUT2D eigenvalue weighted by Gasteiger charge is -2.26. The summed E-state index contributed by atoms with van der Waals surface area (Å²) in [5, 5.41) is 3.58. The predicted molar refractivity (Wildman–Crippen MR) is 64.2 cm³/mol. The van der Waals surface area contributed by atoms with E-state index in [1.54, 1.807) is 0 Å². The molecule has 0 heterocycles. The first kappa shape index (κ1) is 13.5. The van der Waals surface area contributed by atoms with Crippen molar-refractivity contribution in [2.24, 2.45) is 11.8 Å². The van der Waals surface area contributed by atoms with E-state index in [2.05, 4.69) is 44.9 Å². The summed E-state index contributed by atoms with van der Waals surface area (Å²) in [4.78, 5) is 0. The predicted octanol–water partition coefficient (Wildman–Crippen LogP) is 3.06. The Kier molecular flexibility index (Phi) is 7.61. The molecule has 0 amide bonds. The molecule has 0 aliphatic heterocycles. The van der Waals surface area contributed by atoms with Crippen molar-refractivity contribution in [3.05, 3.63) is 0 Å². The van der Waals surface area contributed by atoms with Gasteiger partial charge in [0.05, 0.1) is 0 Å². The van der Waals surface area contributed by atoms with Crippen LogP contribution >= 0.6 is 0 Å². The fourth-order valence-electron chi connectivity index (χ4n) is 1.45. The fourth-order valence-corrected chi connectivity index (χ4v) is 1.45. The van der Waals surface area contributed by atoms with Crippen molar-refractivity contribution in [3.8, 4) is 11.8 Å². The van der Waals surface area contributed by atoms with E-state index in [0.717, 1.165) is 18.9 Å². The van der Waals surface area contributed by atoms with Gasteiger partial charge < -0.3 is 5.32 Å². The highest BCUT2D eigenvalue weighted by Crippen LogP contribution is 2.16. The van der Waals surface area contributed by atoms with Gasteiger partial charge in [0.25, 0.3) is 0 Å². The Morgan fingerprint density at radius 1 is 1.21 bits per heavy atom. The molecule has 0 saturated carbocycles. The van der Waals surface area contributed by atoms with Crippen molar-refractivity contribution in [2.45, 2.75) is 53.5 Å². The molecule has 0 aromatic rings. The second-order valence-electron chi connectivity index (χ2n) is 4.29. The maximum atomic E-state index is 3.58. The summed E-state index contributed by atoms with van der Waals surface area (Å²) in [7, 11) is 0. The maximum Gasteiger partial charge on any atom is 0.0245 e. The van der Waals surface area contributed by atoms with E-state index >= 15 is 0 Å². The van der Waals surface area contributed by atoms with Crippen LogP contribution in [0, 0.1) is 23.7 Å². The zero-order valence-corrected chi connectivity index (χ0v) is 10.4. The maximum absolute atomic E-state index is 3.58. The summed E-state index contributed by atoms with van der Waals surface area (Å²) in [5.74, 6) is 7.58. The van der Waals surface area contributed by atoms with Crippen molar-refractivity contribution >= 4 is 0 Å². The molecular weight excluding hydrogens is 170 g/mol. The largest absolute Gasteiger partial charge is 0.313 e. The second-order valence-corrected chi connectivity index (χ2v) is 4.29. The molecule has 0 aliphatic carbocycles. The summed E-state index contributed by atoms with van der Waals surface area (Å²) in [6, 6.07) is 0.558. The molecule has 2 unspecified atom stereocenters. The summed E-state index contributed by atoms with van der Waals surface area (Å²) >= 11 is 0. The zero-order valence-electron chi connectivity index (χ0n) is 10.4. The number of rotatable bonds is 6. The number of nitrogens with one attached hydrogen (secondary N) is 1. The smallest absolute Gasteiger partial charge is 0.0245 e. The van der Waals surface area contributed by atoms with Crippen LogP contribution in [0.15, 0.2) is 0 Å². The zero-order chi connectivity index (χ0) is 11.0. The summed E-state index contributed by atoms with van der Waals surface area (Å²) < 4.78 is 0. The monoisotopic (exact) mass is 195 g/mol. The first-order valence-corrected chi connectivity index (χ1v) is 5.76. The first-order chi connectivity index (χ1) is 6.63. The minimum atomic E-state index is 0.558. The number of hydrogen-bond donors (Lipinski definition) is 1. The highest BCUT2D eigenvalue weighted by molar-refractivity contribution is 4.99. The van der Waals surface area contributed by atoms with Crippen molar-refractivity contribution in [2.75, 3.05) is 6.54 Å². The third-order valence-corrected chi connectivity index (χ3v) is 2.84. The quantitative estimate of drug-likeness (QED) is 0.642. The van der Waals surface area contributed by atoms with E-state index in [9.17, 15) is 0 Å². The second kappa shape index (κ2) is 7.88. The average Bonchev–Trinajstić information content (AvgIpc) is 2.17. The van der Waals surface area contributed by atoms with Gasteiger partial charge in [-0.1, -0.05) is 27.7 Å². The Balaban J connectivity index is 4.12. The Bertz CT molecular complexity index is 185. The molecular formula is C13H25N. The lowest BCUT2D eigenvalue weighted by Crippen LogP contribution is -2.37. The summed E-state index contributed by atoms with van der Waals surface area (Å²) in [6.45, 7) is 12.1. The Labute approximate surface area is 89.7 Å².